The van der Waals surface area contributed by atoms with Gasteiger partial charge in [-0.3, -0.25) is 9.69 Å². The standard InChI is InChI=1S/C28H30ClN7O2/c29-25-11-8-21(33-26-5-1-2-12-30-26)17-24(25)27(37)34-22-18-31-28(32-19-22)35-20-6-9-23(10-7-20)38-16-15-36-13-3-4-14-36/h2,6-12,17-19H,1,3-5,13-16H2,(H,30,33)(H,34,37)(H,31,32,35). The third-order valence-corrected chi connectivity index (χ3v) is 6.61. The molecule has 0 atom stereocenters. The minimum Gasteiger partial charge on any atom is -0.492 e. The molecule has 0 aliphatic carbocycles. The van der Waals surface area contributed by atoms with Crippen molar-refractivity contribution in [1.82, 2.24) is 14.9 Å². The first-order valence-electron chi connectivity index (χ1n) is 12.8. The van der Waals surface area contributed by atoms with Crippen LogP contribution in [0.2, 0.25) is 5.02 Å². The zero-order chi connectivity index (χ0) is 26.2. The zero-order valence-electron chi connectivity index (χ0n) is 21.0. The van der Waals surface area contributed by atoms with Crippen LogP contribution in [0, 0.1) is 0 Å². The van der Waals surface area contributed by atoms with Gasteiger partial charge in [-0.05, 0) is 74.8 Å². The van der Waals surface area contributed by atoms with Gasteiger partial charge in [-0.15, -0.1) is 0 Å². The lowest BCUT2D eigenvalue weighted by atomic mass is 10.1. The molecule has 5 rings (SSSR count). The molecule has 2 aromatic carbocycles. The second-order valence-electron chi connectivity index (χ2n) is 9.11. The van der Waals surface area contributed by atoms with E-state index in [4.69, 9.17) is 16.3 Å². The Labute approximate surface area is 227 Å². The van der Waals surface area contributed by atoms with E-state index in [0.29, 0.717) is 28.8 Å². The maximum atomic E-state index is 12.9. The molecule has 3 N–H and O–H groups in total. The predicted octanol–water partition coefficient (Wildman–Crippen LogP) is 5.72. The summed E-state index contributed by atoms with van der Waals surface area (Å²) in [6.45, 7) is 3.98. The van der Waals surface area contributed by atoms with Crippen LogP contribution in [-0.2, 0) is 0 Å². The Morgan fingerprint density at radius 2 is 1.74 bits per heavy atom. The molecule has 38 heavy (non-hydrogen) atoms. The number of hydrogen-bond donors (Lipinski definition) is 3. The highest BCUT2D eigenvalue weighted by Gasteiger charge is 2.14. The molecule has 1 aromatic heterocycles. The molecule has 9 nitrogen and oxygen atoms in total. The van der Waals surface area contributed by atoms with Crippen molar-refractivity contribution in [2.75, 3.05) is 42.2 Å². The van der Waals surface area contributed by atoms with E-state index in [9.17, 15) is 4.79 Å². The molecule has 3 aromatic rings. The maximum Gasteiger partial charge on any atom is 0.257 e. The summed E-state index contributed by atoms with van der Waals surface area (Å²) in [6.07, 6.45) is 11.2. The summed E-state index contributed by atoms with van der Waals surface area (Å²) in [6, 6.07) is 12.9. The van der Waals surface area contributed by atoms with Crippen molar-refractivity contribution >= 4 is 46.4 Å². The smallest absolute Gasteiger partial charge is 0.257 e. The molecular formula is C28H30ClN7O2. The Hall–Kier alpha value is -3.95. The average Bonchev–Trinajstić information content (AvgIpc) is 3.46. The fraction of sp³-hybridized carbons (Fsp3) is 0.286. The summed E-state index contributed by atoms with van der Waals surface area (Å²) in [5, 5.41) is 9.55. The van der Waals surface area contributed by atoms with Gasteiger partial charge in [-0.25, -0.2) is 15.0 Å². The number of nitrogens with one attached hydrogen (secondary N) is 3. The molecule has 0 bridgehead atoms. The monoisotopic (exact) mass is 531 g/mol. The topological polar surface area (TPSA) is 104 Å². The Morgan fingerprint density at radius 1 is 0.974 bits per heavy atom. The van der Waals surface area contributed by atoms with Crippen LogP contribution in [-0.4, -0.2) is 52.9 Å². The normalized spacial score (nSPS) is 15.1. The highest BCUT2D eigenvalue weighted by Crippen LogP contribution is 2.23. The van der Waals surface area contributed by atoms with Crippen LogP contribution >= 0.6 is 11.6 Å². The molecule has 0 spiro atoms. The van der Waals surface area contributed by atoms with E-state index in [0.717, 1.165) is 42.3 Å². The van der Waals surface area contributed by atoms with Crippen molar-refractivity contribution in [2.24, 2.45) is 4.99 Å². The number of benzene rings is 2. The van der Waals surface area contributed by atoms with Crippen molar-refractivity contribution in [3.8, 4) is 5.75 Å². The van der Waals surface area contributed by atoms with Crippen LogP contribution in [0.25, 0.3) is 0 Å². The van der Waals surface area contributed by atoms with E-state index >= 15 is 0 Å². The molecule has 2 aliphatic rings. The number of rotatable bonds is 9. The second kappa shape index (κ2) is 12.5. The quantitative estimate of drug-likeness (QED) is 0.324. The van der Waals surface area contributed by atoms with Gasteiger partial charge in [-0.1, -0.05) is 17.7 Å². The van der Waals surface area contributed by atoms with E-state index in [1.807, 2.05) is 36.4 Å². The van der Waals surface area contributed by atoms with Crippen LogP contribution in [0.4, 0.5) is 23.0 Å². The first kappa shape index (κ1) is 25.7. The van der Waals surface area contributed by atoms with E-state index < -0.39 is 0 Å². The number of allylic oxidation sites excluding steroid dienone is 1. The number of aliphatic imine (C=N–C) groups is 1. The second-order valence-corrected chi connectivity index (χ2v) is 9.52. The lowest BCUT2D eigenvalue weighted by molar-refractivity contribution is 0.102. The minimum atomic E-state index is -0.353. The van der Waals surface area contributed by atoms with Gasteiger partial charge < -0.3 is 20.7 Å². The minimum absolute atomic E-state index is 0.341. The van der Waals surface area contributed by atoms with Gasteiger partial charge in [0.2, 0.25) is 5.95 Å². The van der Waals surface area contributed by atoms with Gasteiger partial charge in [0.05, 0.1) is 28.7 Å². The Balaban J connectivity index is 1.13. The number of amidine groups is 1. The van der Waals surface area contributed by atoms with Crippen molar-refractivity contribution in [3.63, 3.8) is 0 Å². The molecule has 1 amide bonds. The van der Waals surface area contributed by atoms with Gasteiger partial charge in [0.25, 0.3) is 5.91 Å². The first-order chi connectivity index (χ1) is 18.6. The molecule has 10 heteroatoms. The number of likely N-dealkylation sites (tertiary alicyclic amines) is 1. The SMILES string of the molecule is O=C(Nc1cnc(Nc2ccc(OCCN3CCCC3)cc2)nc1)c1cc(NC2=NC=CCC2)ccc1Cl. The summed E-state index contributed by atoms with van der Waals surface area (Å²) in [7, 11) is 0. The Morgan fingerprint density at radius 3 is 2.47 bits per heavy atom. The summed E-state index contributed by atoms with van der Waals surface area (Å²) in [5.74, 6) is 1.73. The van der Waals surface area contributed by atoms with Gasteiger partial charge in [0, 0.05) is 30.5 Å². The van der Waals surface area contributed by atoms with Crippen LogP contribution in [0.15, 0.2) is 72.1 Å². The van der Waals surface area contributed by atoms with Crippen molar-refractivity contribution in [2.45, 2.75) is 25.7 Å². The molecule has 0 unspecified atom stereocenters. The number of nitrogens with zero attached hydrogens (tertiary/aromatic N) is 4. The van der Waals surface area contributed by atoms with Gasteiger partial charge in [0.15, 0.2) is 0 Å². The Kier molecular flexibility index (Phi) is 8.47. The highest BCUT2D eigenvalue weighted by molar-refractivity contribution is 6.34. The number of anilines is 4. The van der Waals surface area contributed by atoms with Crippen molar-refractivity contribution < 1.29 is 9.53 Å². The molecular weight excluding hydrogens is 502 g/mol. The highest BCUT2D eigenvalue weighted by atomic mass is 35.5. The van der Waals surface area contributed by atoms with Gasteiger partial charge in [-0.2, -0.15) is 0 Å². The van der Waals surface area contributed by atoms with Crippen LogP contribution in [0.5, 0.6) is 5.75 Å². The van der Waals surface area contributed by atoms with Gasteiger partial charge >= 0.3 is 0 Å². The molecule has 1 fully saturated rings. The molecule has 2 aliphatic heterocycles. The summed E-state index contributed by atoms with van der Waals surface area (Å²) < 4.78 is 5.85. The third-order valence-electron chi connectivity index (χ3n) is 6.28. The molecule has 3 heterocycles. The van der Waals surface area contributed by atoms with Crippen molar-refractivity contribution in [1.29, 1.82) is 0 Å². The van der Waals surface area contributed by atoms with Crippen molar-refractivity contribution in [3.05, 3.63) is 77.7 Å². The molecule has 196 valence electrons. The van der Waals surface area contributed by atoms with Crippen LogP contribution in [0.3, 0.4) is 0 Å². The number of amides is 1. The third kappa shape index (κ3) is 7.08. The number of halogens is 1. The molecule has 0 saturated carbocycles. The van der Waals surface area contributed by atoms with E-state index in [1.165, 1.54) is 25.9 Å². The summed E-state index contributed by atoms with van der Waals surface area (Å²) in [4.78, 5) is 28.3. The summed E-state index contributed by atoms with van der Waals surface area (Å²) in [5.41, 5.74) is 2.38. The predicted molar refractivity (Wildman–Crippen MR) is 152 cm³/mol. The van der Waals surface area contributed by atoms with E-state index in [2.05, 4.69) is 35.8 Å². The largest absolute Gasteiger partial charge is 0.492 e. The van der Waals surface area contributed by atoms with E-state index in [1.54, 1.807) is 30.7 Å². The lowest BCUT2D eigenvalue weighted by Crippen LogP contribution is -2.25. The first-order valence-corrected chi connectivity index (χ1v) is 13.1. The average molecular weight is 532 g/mol. The van der Waals surface area contributed by atoms with Gasteiger partial charge in [0.1, 0.15) is 18.2 Å². The van der Waals surface area contributed by atoms with E-state index in [-0.39, 0.29) is 5.91 Å². The number of hydrogen-bond acceptors (Lipinski definition) is 8. The zero-order valence-corrected chi connectivity index (χ0v) is 21.7. The number of ether oxygens (including phenoxy) is 1. The van der Waals surface area contributed by atoms with Crippen LogP contribution in [0.1, 0.15) is 36.0 Å². The lowest BCUT2D eigenvalue weighted by Gasteiger charge is -2.15. The number of carbonyl (C=O) groups is 1. The molecule has 1 saturated heterocycles. The maximum absolute atomic E-state index is 12.9. The summed E-state index contributed by atoms with van der Waals surface area (Å²) >= 11 is 6.30. The fourth-order valence-electron chi connectivity index (χ4n) is 4.26. The number of carbonyl (C=O) groups excluding carboxylic acids is 1. The molecule has 0 radical (unpaired) electrons. The fourth-order valence-corrected chi connectivity index (χ4v) is 4.46. The Bertz CT molecular complexity index is 1300. The number of aromatic nitrogens is 2. The van der Waals surface area contributed by atoms with Crippen LogP contribution < -0.4 is 20.7 Å².